The zero-order valence-electron chi connectivity index (χ0n) is 16.1. The molecule has 1 N–H and O–H groups in total. The molecule has 4 rings (SSSR count). The van der Waals surface area contributed by atoms with Crippen molar-refractivity contribution in [1.29, 1.82) is 0 Å². The van der Waals surface area contributed by atoms with Gasteiger partial charge in [0.15, 0.2) is 0 Å². The molecule has 1 aliphatic rings. The first-order valence-corrected chi connectivity index (χ1v) is 11.5. The summed E-state index contributed by atoms with van der Waals surface area (Å²) >= 11 is 1.60. The van der Waals surface area contributed by atoms with Gasteiger partial charge in [0, 0.05) is 17.8 Å². The number of sulfonamides is 1. The van der Waals surface area contributed by atoms with Gasteiger partial charge in [0.2, 0.25) is 10.0 Å². The Bertz CT molecular complexity index is 1150. The summed E-state index contributed by atoms with van der Waals surface area (Å²) in [5.74, 6) is -1.49. The molecule has 2 aromatic carbocycles. The SMILES string of the molecule is Cc1csc(-c2ccc(S(=O)(=O)N(C)[C@]3(C(=O)O)C[C@H]3c3ccccc3)cc2)c1. The molecule has 0 unspecified atom stereocenters. The molecule has 3 aromatic rings. The summed E-state index contributed by atoms with van der Waals surface area (Å²) in [6.07, 6.45) is 0.259. The summed E-state index contributed by atoms with van der Waals surface area (Å²) < 4.78 is 27.5. The molecule has 0 spiro atoms. The molecule has 150 valence electrons. The van der Waals surface area contributed by atoms with Crippen molar-refractivity contribution in [3.8, 4) is 10.4 Å². The lowest BCUT2D eigenvalue weighted by atomic mass is 10.1. The van der Waals surface area contributed by atoms with E-state index in [1.54, 1.807) is 35.6 Å². The van der Waals surface area contributed by atoms with Crippen LogP contribution in [-0.2, 0) is 14.8 Å². The number of hydrogen-bond acceptors (Lipinski definition) is 4. The van der Waals surface area contributed by atoms with E-state index in [9.17, 15) is 18.3 Å². The molecule has 1 aliphatic carbocycles. The van der Waals surface area contributed by atoms with Crippen molar-refractivity contribution in [2.75, 3.05) is 7.05 Å². The van der Waals surface area contributed by atoms with E-state index < -0.39 is 21.5 Å². The second-order valence-corrected chi connectivity index (χ2v) is 10.3. The fourth-order valence-electron chi connectivity index (χ4n) is 3.80. The minimum Gasteiger partial charge on any atom is -0.480 e. The second-order valence-electron chi connectivity index (χ2n) is 7.38. The van der Waals surface area contributed by atoms with Gasteiger partial charge in [-0.25, -0.2) is 8.42 Å². The number of hydrogen-bond donors (Lipinski definition) is 1. The Hall–Kier alpha value is -2.48. The highest BCUT2D eigenvalue weighted by atomic mass is 32.2. The summed E-state index contributed by atoms with van der Waals surface area (Å²) in [4.78, 5) is 13.3. The highest BCUT2D eigenvalue weighted by Crippen LogP contribution is 2.56. The number of benzene rings is 2. The van der Waals surface area contributed by atoms with Crippen LogP contribution in [0.15, 0.2) is 70.9 Å². The molecule has 2 atom stereocenters. The van der Waals surface area contributed by atoms with Gasteiger partial charge in [0.1, 0.15) is 5.54 Å². The number of aryl methyl sites for hydroxylation is 1. The standard InChI is InChI=1S/C22H21NO4S2/c1-15-12-20(28-14-15)17-8-10-18(11-9-17)29(26,27)23(2)22(21(24)25)13-19(22)16-6-4-3-5-7-16/h3-12,14,19H,13H2,1-2H3,(H,24,25)/t19-,22+/m0/s1. The number of nitrogens with zero attached hydrogens (tertiary/aromatic N) is 1. The lowest BCUT2D eigenvalue weighted by molar-refractivity contribution is -0.142. The van der Waals surface area contributed by atoms with Crippen LogP contribution in [0.2, 0.25) is 0 Å². The van der Waals surface area contributed by atoms with E-state index in [0.29, 0.717) is 0 Å². The van der Waals surface area contributed by atoms with E-state index in [4.69, 9.17) is 0 Å². The van der Waals surface area contributed by atoms with Crippen molar-refractivity contribution in [3.05, 3.63) is 77.2 Å². The zero-order chi connectivity index (χ0) is 20.8. The van der Waals surface area contributed by atoms with Crippen LogP contribution in [0.25, 0.3) is 10.4 Å². The third-order valence-corrected chi connectivity index (χ3v) is 8.61. The van der Waals surface area contributed by atoms with Crippen LogP contribution < -0.4 is 0 Å². The van der Waals surface area contributed by atoms with Gasteiger partial charge in [-0.05, 0) is 53.6 Å². The average molecular weight is 428 g/mol. The van der Waals surface area contributed by atoms with Crippen molar-refractivity contribution in [3.63, 3.8) is 0 Å². The summed E-state index contributed by atoms with van der Waals surface area (Å²) in [5, 5.41) is 11.9. The highest BCUT2D eigenvalue weighted by Gasteiger charge is 2.66. The third kappa shape index (κ3) is 3.29. The van der Waals surface area contributed by atoms with Gasteiger partial charge in [0.05, 0.1) is 4.90 Å². The maximum atomic E-state index is 13.2. The van der Waals surface area contributed by atoms with Gasteiger partial charge in [0.25, 0.3) is 0 Å². The summed E-state index contributed by atoms with van der Waals surface area (Å²) in [7, 11) is -2.59. The number of carboxylic acid groups (broad SMARTS) is 1. The molecular weight excluding hydrogens is 406 g/mol. The molecule has 29 heavy (non-hydrogen) atoms. The highest BCUT2D eigenvalue weighted by molar-refractivity contribution is 7.89. The predicted octanol–water partition coefficient (Wildman–Crippen LogP) is 4.35. The summed E-state index contributed by atoms with van der Waals surface area (Å²) in [6, 6.07) is 17.9. The summed E-state index contributed by atoms with van der Waals surface area (Å²) in [6.45, 7) is 2.01. The van der Waals surface area contributed by atoms with Gasteiger partial charge < -0.3 is 5.11 Å². The molecule has 0 amide bonds. The Morgan fingerprint density at radius 2 is 1.79 bits per heavy atom. The van der Waals surface area contributed by atoms with Crippen LogP contribution in [0.1, 0.15) is 23.5 Å². The molecule has 1 aromatic heterocycles. The fraction of sp³-hybridized carbons (Fsp3) is 0.227. The monoisotopic (exact) mass is 427 g/mol. The molecule has 0 radical (unpaired) electrons. The van der Waals surface area contributed by atoms with Crippen molar-refractivity contribution in [1.82, 2.24) is 4.31 Å². The molecule has 0 saturated heterocycles. The topological polar surface area (TPSA) is 74.7 Å². The Morgan fingerprint density at radius 3 is 2.34 bits per heavy atom. The normalized spacial score (nSPS) is 21.3. The molecule has 5 nitrogen and oxygen atoms in total. The van der Waals surface area contributed by atoms with E-state index in [2.05, 4.69) is 0 Å². The molecule has 0 aliphatic heterocycles. The van der Waals surface area contributed by atoms with E-state index in [0.717, 1.165) is 25.9 Å². The predicted molar refractivity (Wildman–Crippen MR) is 114 cm³/mol. The molecule has 0 bridgehead atoms. The van der Waals surface area contributed by atoms with Crippen LogP contribution in [0.4, 0.5) is 0 Å². The number of rotatable bonds is 6. The van der Waals surface area contributed by atoms with Crippen LogP contribution in [0.5, 0.6) is 0 Å². The lowest BCUT2D eigenvalue weighted by Crippen LogP contribution is -2.45. The minimum absolute atomic E-state index is 0.0939. The van der Waals surface area contributed by atoms with E-state index in [1.165, 1.54) is 7.05 Å². The Kier molecular flexibility index (Phi) is 4.85. The molecular formula is C22H21NO4S2. The van der Waals surface area contributed by atoms with Gasteiger partial charge in [-0.2, -0.15) is 4.31 Å². The Morgan fingerprint density at radius 1 is 1.14 bits per heavy atom. The largest absolute Gasteiger partial charge is 0.480 e. The summed E-state index contributed by atoms with van der Waals surface area (Å²) in [5.41, 5.74) is 1.47. The number of carboxylic acids is 1. The van der Waals surface area contributed by atoms with Crippen LogP contribution in [0.3, 0.4) is 0 Å². The van der Waals surface area contributed by atoms with Gasteiger partial charge in [-0.3, -0.25) is 4.79 Å². The van der Waals surface area contributed by atoms with E-state index in [-0.39, 0.29) is 17.2 Å². The van der Waals surface area contributed by atoms with Crippen molar-refractivity contribution < 1.29 is 18.3 Å². The first kappa shape index (κ1) is 19.8. The van der Waals surface area contributed by atoms with Crippen molar-refractivity contribution >= 4 is 27.3 Å². The number of aliphatic carboxylic acids is 1. The van der Waals surface area contributed by atoms with Crippen LogP contribution in [-0.4, -0.2) is 36.4 Å². The minimum atomic E-state index is -3.96. The van der Waals surface area contributed by atoms with E-state index in [1.807, 2.05) is 48.7 Å². The van der Waals surface area contributed by atoms with Gasteiger partial charge in [-0.15, -0.1) is 11.3 Å². The maximum absolute atomic E-state index is 13.2. The molecule has 1 saturated carbocycles. The maximum Gasteiger partial charge on any atom is 0.325 e. The quantitative estimate of drug-likeness (QED) is 0.634. The fourth-order valence-corrected chi connectivity index (χ4v) is 6.21. The lowest BCUT2D eigenvalue weighted by Gasteiger charge is -2.25. The number of carbonyl (C=O) groups is 1. The smallest absolute Gasteiger partial charge is 0.325 e. The Balaban J connectivity index is 1.65. The van der Waals surface area contributed by atoms with Gasteiger partial charge >= 0.3 is 5.97 Å². The van der Waals surface area contributed by atoms with Crippen LogP contribution >= 0.6 is 11.3 Å². The molecule has 1 heterocycles. The van der Waals surface area contributed by atoms with Crippen molar-refractivity contribution in [2.24, 2.45) is 0 Å². The number of likely N-dealkylation sites (N-methyl/N-ethyl adjacent to an activating group) is 1. The first-order valence-electron chi connectivity index (χ1n) is 9.20. The Labute approximate surface area is 174 Å². The molecule has 1 fully saturated rings. The number of thiophene rings is 1. The third-order valence-electron chi connectivity index (χ3n) is 5.59. The van der Waals surface area contributed by atoms with Crippen molar-refractivity contribution in [2.45, 2.75) is 29.7 Å². The molecule has 7 heteroatoms. The average Bonchev–Trinajstić information content (AvgIpc) is 3.35. The zero-order valence-corrected chi connectivity index (χ0v) is 17.7. The van der Waals surface area contributed by atoms with Gasteiger partial charge in [-0.1, -0.05) is 42.5 Å². The van der Waals surface area contributed by atoms with Crippen LogP contribution in [0, 0.1) is 6.92 Å². The second kappa shape index (κ2) is 7.09. The van der Waals surface area contributed by atoms with E-state index >= 15 is 0 Å². The first-order chi connectivity index (χ1) is 13.8.